The van der Waals surface area contributed by atoms with E-state index in [9.17, 15) is 22.8 Å². The molecule has 0 aliphatic carbocycles. The molecule has 8 heteroatoms. The third-order valence-electron chi connectivity index (χ3n) is 3.97. The van der Waals surface area contributed by atoms with E-state index < -0.39 is 29.3 Å². The molecule has 1 aromatic carbocycles. The Morgan fingerprint density at radius 2 is 1.88 bits per heavy atom. The summed E-state index contributed by atoms with van der Waals surface area (Å²) in [5.41, 5.74) is -3.46. The van der Waals surface area contributed by atoms with Crippen molar-refractivity contribution in [2.45, 2.75) is 25.7 Å². The van der Waals surface area contributed by atoms with Crippen LogP contribution in [0.1, 0.15) is 19.4 Å². The smallest absolute Gasteiger partial charge is 0.435 e. The quantitative estimate of drug-likeness (QED) is 0.676. The van der Waals surface area contributed by atoms with Crippen molar-refractivity contribution in [3.8, 4) is 0 Å². The summed E-state index contributed by atoms with van der Waals surface area (Å²) in [5, 5.41) is 1.96. The van der Waals surface area contributed by atoms with Crippen LogP contribution in [-0.2, 0) is 20.0 Å². The molecule has 0 fully saturated rings. The van der Waals surface area contributed by atoms with Crippen molar-refractivity contribution in [2.24, 2.45) is 0 Å². The van der Waals surface area contributed by atoms with Crippen LogP contribution in [-0.4, -0.2) is 36.6 Å². The van der Waals surface area contributed by atoms with E-state index in [1.807, 2.05) is 5.32 Å². The molecule has 24 heavy (non-hydrogen) atoms. The zero-order valence-electron chi connectivity index (χ0n) is 13.4. The molecule has 1 atom stereocenters. The number of rotatable bonds is 3. The van der Waals surface area contributed by atoms with Gasteiger partial charge in [-0.3, -0.25) is 4.79 Å². The molecule has 0 bridgehead atoms. The lowest BCUT2D eigenvalue weighted by atomic mass is 9.92. The number of hydrogen-bond acceptors (Lipinski definition) is 4. The normalized spacial score (nSPS) is 21.6. The number of benzene rings is 1. The second-order valence-electron chi connectivity index (χ2n) is 5.27. The summed E-state index contributed by atoms with van der Waals surface area (Å²) in [7, 11) is 1.18. The lowest BCUT2D eigenvalue weighted by molar-refractivity contribution is -0.242. The summed E-state index contributed by atoms with van der Waals surface area (Å²) < 4.78 is 46.6. The lowest BCUT2D eigenvalue weighted by Gasteiger charge is -2.48. The molecule has 0 unspecified atom stereocenters. The number of allylic oxidation sites excluding steroid dienone is 1. The van der Waals surface area contributed by atoms with Gasteiger partial charge >= 0.3 is 12.1 Å². The molecule has 0 saturated carbocycles. The maximum atomic E-state index is 14.0. The number of hydrogen-bond donors (Lipinski definition) is 1. The van der Waals surface area contributed by atoms with Crippen molar-refractivity contribution in [1.82, 2.24) is 10.2 Å². The van der Waals surface area contributed by atoms with Gasteiger partial charge in [-0.1, -0.05) is 30.3 Å². The van der Waals surface area contributed by atoms with Gasteiger partial charge in [0.15, 0.2) is 0 Å². The average molecular weight is 342 g/mol. The highest BCUT2D eigenvalue weighted by atomic mass is 19.4. The first-order chi connectivity index (χ1) is 11.2. The number of halogens is 3. The van der Waals surface area contributed by atoms with Crippen LogP contribution in [0, 0.1) is 0 Å². The highest BCUT2D eigenvalue weighted by Gasteiger charge is 2.62. The number of esters is 1. The first kappa shape index (κ1) is 17.8. The van der Waals surface area contributed by atoms with Crippen molar-refractivity contribution in [1.29, 1.82) is 0 Å². The number of nitrogens with zero attached hydrogens (tertiary/aromatic N) is 1. The lowest BCUT2D eigenvalue weighted by Crippen LogP contribution is -2.67. The van der Waals surface area contributed by atoms with Crippen molar-refractivity contribution in [3.05, 3.63) is 47.2 Å². The fourth-order valence-electron chi connectivity index (χ4n) is 2.71. The molecule has 0 aromatic heterocycles. The van der Waals surface area contributed by atoms with Gasteiger partial charge in [-0.25, -0.2) is 4.79 Å². The Balaban J connectivity index is 2.66. The summed E-state index contributed by atoms with van der Waals surface area (Å²) in [6, 6.07) is 7.01. The van der Waals surface area contributed by atoms with Crippen LogP contribution in [0.3, 0.4) is 0 Å². The summed E-state index contributed by atoms with van der Waals surface area (Å²) in [4.78, 5) is 25.1. The topological polar surface area (TPSA) is 58.6 Å². The van der Waals surface area contributed by atoms with Gasteiger partial charge in [0.25, 0.3) is 5.91 Å². The predicted octanol–water partition coefficient (Wildman–Crippen LogP) is 2.30. The van der Waals surface area contributed by atoms with Crippen molar-refractivity contribution in [3.63, 3.8) is 0 Å². The van der Waals surface area contributed by atoms with E-state index >= 15 is 0 Å². The van der Waals surface area contributed by atoms with E-state index in [1.54, 1.807) is 13.0 Å². The molecule has 5 nitrogen and oxygen atoms in total. The summed E-state index contributed by atoms with van der Waals surface area (Å²) in [6.45, 7) is 2.84. The highest BCUT2D eigenvalue weighted by molar-refractivity contribution is 6.17. The molecular formula is C16H17F3N2O3. The Kier molecular flexibility index (Phi) is 4.59. The monoisotopic (exact) mass is 342 g/mol. The standard InChI is InChI=1S/C16H17F3N2O3/c1-4-24-14(23)12-10(2)21(3)15(16(17,18)19,20-13(12)22)11-8-6-5-7-9-11/h5-9H,4H2,1-3H3,(H,20,22)/t15-/m1/s1. The molecule has 2 rings (SSSR count). The van der Waals surface area contributed by atoms with Gasteiger partial charge in [0.05, 0.1) is 6.61 Å². The van der Waals surface area contributed by atoms with Gasteiger partial charge in [0, 0.05) is 18.3 Å². The molecule has 1 aliphatic heterocycles. The molecule has 1 heterocycles. The van der Waals surface area contributed by atoms with E-state index in [2.05, 4.69) is 0 Å². The van der Waals surface area contributed by atoms with Gasteiger partial charge in [-0.15, -0.1) is 0 Å². The zero-order chi connectivity index (χ0) is 18.1. The van der Waals surface area contributed by atoms with E-state index in [4.69, 9.17) is 4.74 Å². The Labute approximate surface area is 137 Å². The highest BCUT2D eigenvalue weighted by Crippen LogP contribution is 2.45. The molecule has 130 valence electrons. The van der Waals surface area contributed by atoms with Crippen LogP contribution in [0.2, 0.25) is 0 Å². The fraction of sp³-hybridized carbons (Fsp3) is 0.375. The first-order valence-electron chi connectivity index (χ1n) is 7.23. The average Bonchev–Trinajstić information content (AvgIpc) is 2.51. The van der Waals surface area contributed by atoms with E-state index in [1.165, 1.54) is 38.2 Å². The molecular weight excluding hydrogens is 325 g/mol. The Morgan fingerprint density at radius 3 is 2.38 bits per heavy atom. The Bertz CT molecular complexity index is 686. The van der Waals surface area contributed by atoms with Gasteiger partial charge in [0.2, 0.25) is 5.66 Å². The molecule has 1 amide bonds. The van der Waals surface area contributed by atoms with E-state index in [0.29, 0.717) is 0 Å². The molecule has 1 aliphatic rings. The summed E-state index contributed by atoms with van der Waals surface area (Å²) in [6.07, 6.45) is -4.82. The van der Waals surface area contributed by atoms with Crippen molar-refractivity contribution < 1.29 is 27.5 Å². The molecule has 1 N–H and O–H groups in total. The van der Waals surface area contributed by atoms with E-state index in [0.717, 1.165) is 4.90 Å². The summed E-state index contributed by atoms with van der Waals surface area (Å²) in [5.74, 6) is -2.08. The molecule has 0 radical (unpaired) electrons. The number of amides is 1. The molecule has 0 saturated heterocycles. The second-order valence-corrected chi connectivity index (χ2v) is 5.27. The largest absolute Gasteiger partial charge is 0.462 e. The van der Waals surface area contributed by atoms with Crippen molar-refractivity contribution in [2.75, 3.05) is 13.7 Å². The number of alkyl halides is 3. The minimum absolute atomic E-state index is 0.00963. The van der Waals surface area contributed by atoms with Crippen LogP contribution >= 0.6 is 0 Å². The summed E-state index contributed by atoms with van der Waals surface area (Å²) >= 11 is 0. The Morgan fingerprint density at radius 1 is 1.29 bits per heavy atom. The number of ether oxygens (including phenoxy) is 1. The molecule has 0 spiro atoms. The maximum absolute atomic E-state index is 14.0. The van der Waals surface area contributed by atoms with Crippen LogP contribution < -0.4 is 5.32 Å². The third kappa shape index (κ3) is 2.61. The maximum Gasteiger partial charge on any atom is 0.435 e. The number of carbonyl (C=O) groups excluding carboxylic acids is 2. The SMILES string of the molecule is CCOC(=O)C1=C(C)N(C)[C@](c2ccccc2)(C(F)(F)F)NC1=O. The van der Waals surface area contributed by atoms with Gasteiger partial charge in [-0.05, 0) is 13.8 Å². The third-order valence-corrected chi connectivity index (χ3v) is 3.97. The van der Waals surface area contributed by atoms with E-state index in [-0.39, 0.29) is 17.9 Å². The van der Waals surface area contributed by atoms with Crippen LogP contribution in [0.15, 0.2) is 41.6 Å². The number of nitrogens with one attached hydrogen (secondary N) is 1. The van der Waals surface area contributed by atoms with Gasteiger partial charge < -0.3 is 15.0 Å². The number of carbonyl (C=O) groups is 2. The Hall–Kier alpha value is -2.51. The van der Waals surface area contributed by atoms with Crippen LogP contribution in [0.25, 0.3) is 0 Å². The van der Waals surface area contributed by atoms with Gasteiger partial charge in [0.1, 0.15) is 5.57 Å². The predicted molar refractivity (Wildman–Crippen MR) is 79.4 cm³/mol. The van der Waals surface area contributed by atoms with Gasteiger partial charge in [-0.2, -0.15) is 13.2 Å². The molecule has 1 aromatic rings. The zero-order valence-corrected chi connectivity index (χ0v) is 13.4. The fourth-order valence-corrected chi connectivity index (χ4v) is 2.71. The second kappa shape index (κ2) is 6.18. The first-order valence-corrected chi connectivity index (χ1v) is 7.23. The van der Waals surface area contributed by atoms with Crippen LogP contribution in [0.5, 0.6) is 0 Å². The minimum atomic E-state index is -4.82. The minimum Gasteiger partial charge on any atom is -0.462 e. The van der Waals surface area contributed by atoms with Crippen molar-refractivity contribution >= 4 is 11.9 Å². The van der Waals surface area contributed by atoms with Crippen LogP contribution in [0.4, 0.5) is 13.2 Å².